The van der Waals surface area contributed by atoms with E-state index in [2.05, 4.69) is 16.4 Å². The number of aliphatic imine (C=N–C) groups is 1. The molecule has 0 aromatic heterocycles. The monoisotopic (exact) mass is 505 g/mol. The van der Waals surface area contributed by atoms with E-state index >= 15 is 0 Å². The van der Waals surface area contributed by atoms with Gasteiger partial charge in [0.2, 0.25) is 0 Å². The molecule has 4 rings (SSSR count). The number of nitrogens with zero attached hydrogens (tertiary/aromatic N) is 2. The molecule has 1 aliphatic rings. The molecule has 35 heavy (non-hydrogen) atoms. The number of amides is 1. The molecule has 0 unspecified atom stereocenters. The highest BCUT2D eigenvalue weighted by Crippen LogP contribution is 2.35. The number of hydrogen-bond donors (Lipinski definition) is 1. The highest BCUT2D eigenvalue weighted by molar-refractivity contribution is 8.18. The average Bonchev–Trinajstić information content (AvgIpc) is 3.21. The molecule has 0 aliphatic carbocycles. The molecule has 1 aliphatic heterocycles. The molecule has 1 N–H and O–H groups in total. The van der Waals surface area contributed by atoms with Crippen LogP contribution in [0.25, 0.3) is 6.08 Å². The number of halogens is 1. The first-order valence-corrected chi connectivity index (χ1v) is 11.6. The van der Waals surface area contributed by atoms with Crippen LogP contribution in [0, 0.1) is 11.3 Å². The van der Waals surface area contributed by atoms with Crippen LogP contribution in [0.5, 0.6) is 17.2 Å². The number of amidine groups is 1. The zero-order chi connectivity index (χ0) is 24.8. The van der Waals surface area contributed by atoms with Crippen molar-refractivity contribution < 1.29 is 19.0 Å². The Morgan fingerprint density at radius 1 is 1.06 bits per heavy atom. The molecule has 1 heterocycles. The number of rotatable bonds is 7. The lowest BCUT2D eigenvalue weighted by molar-refractivity contribution is -0.115. The van der Waals surface area contributed by atoms with Gasteiger partial charge in [0.1, 0.15) is 18.0 Å². The molecule has 176 valence electrons. The quantitative estimate of drug-likeness (QED) is 0.414. The number of nitrogens with one attached hydrogen (secondary N) is 1. The van der Waals surface area contributed by atoms with Gasteiger partial charge in [-0.05, 0) is 59.8 Å². The Bertz CT molecular complexity index is 1380. The van der Waals surface area contributed by atoms with Crippen LogP contribution in [0.1, 0.15) is 16.7 Å². The van der Waals surface area contributed by atoms with Crippen LogP contribution in [-0.4, -0.2) is 25.3 Å². The van der Waals surface area contributed by atoms with Crippen molar-refractivity contribution in [1.82, 2.24) is 5.32 Å². The molecule has 0 saturated carbocycles. The third kappa shape index (κ3) is 5.77. The Hall–Kier alpha value is -3.93. The Morgan fingerprint density at radius 2 is 1.83 bits per heavy atom. The predicted octanol–water partition coefficient (Wildman–Crippen LogP) is 5.70. The highest BCUT2D eigenvalue weighted by atomic mass is 35.5. The number of benzene rings is 3. The fourth-order valence-corrected chi connectivity index (χ4v) is 4.30. The molecule has 0 bridgehead atoms. The van der Waals surface area contributed by atoms with Crippen LogP contribution in [0.15, 0.2) is 70.6 Å². The van der Waals surface area contributed by atoms with Gasteiger partial charge in [-0.25, -0.2) is 4.99 Å². The van der Waals surface area contributed by atoms with Crippen molar-refractivity contribution in [2.75, 3.05) is 14.2 Å². The van der Waals surface area contributed by atoms with E-state index in [4.69, 9.17) is 25.8 Å². The molecular formula is C26H20ClN3O4S. The first-order valence-electron chi connectivity index (χ1n) is 10.4. The van der Waals surface area contributed by atoms with Gasteiger partial charge < -0.3 is 19.5 Å². The lowest BCUT2D eigenvalue weighted by Gasteiger charge is -2.12. The van der Waals surface area contributed by atoms with Crippen LogP contribution in [0.3, 0.4) is 0 Å². The Kier molecular flexibility index (Phi) is 7.60. The lowest BCUT2D eigenvalue weighted by Crippen LogP contribution is -2.19. The predicted molar refractivity (Wildman–Crippen MR) is 137 cm³/mol. The van der Waals surface area contributed by atoms with E-state index < -0.39 is 0 Å². The summed E-state index contributed by atoms with van der Waals surface area (Å²) in [6, 6.07) is 19.9. The van der Waals surface area contributed by atoms with Crippen LogP contribution >= 0.6 is 23.4 Å². The molecule has 1 saturated heterocycles. The average molecular weight is 506 g/mol. The maximum Gasteiger partial charge on any atom is 0.264 e. The molecule has 7 nitrogen and oxygen atoms in total. The molecule has 1 amide bonds. The summed E-state index contributed by atoms with van der Waals surface area (Å²) in [6.07, 6.45) is 1.75. The van der Waals surface area contributed by atoms with E-state index in [0.29, 0.717) is 43.6 Å². The van der Waals surface area contributed by atoms with Crippen molar-refractivity contribution in [3.63, 3.8) is 0 Å². The summed E-state index contributed by atoms with van der Waals surface area (Å²) in [4.78, 5) is 17.5. The highest BCUT2D eigenvalue weighted by Gasteiger charge is 2.24. The van der Waals surface area contributed by atoms with E-state index in [-0.39, 0.29) is 12.5 Å². The van der Waals surface area contributed by atoms with E-state index in [1.807, 2.05) is 24.3 Å². The molecule has 0 atom stereocenters. The molecule has 0 radical (unpaired) electrons. The third-order valence-electron chi connectivity index (χ3n) is 5.02. The van der Waals surface area contributed by atoms with Crippen LogP contribution in [0.2, 0.25) is 5.02 Å². The van der Waals surface area contributed by atoms with Crippen LogP contribution in [0.4, 0.5) is 5.69 Å². The second-order valence-corrected chi connectivity index (χ2v) is 8.73. The molecule has 1 fully saturated rings. The summed E-state index contributed by atoms with van der Waals surface area (Å²) in [5, 5.41) is 13.0. The zero-order valence-corrected chi connectivity index (χ0v) is 20.4. The number of carbonyl (C=O) groups is 1. The lowest BCUT2D eigenvalue weighted by atomic mass is 10.1. The molecular weight excluding hydrogens is 486 g/mol. The van der Waals surface area contributed by atoms with Gasteiger partial charge in [-0.2, -0.15) is 5.26 Å². The van der Waals surface area contributed by atoms with E-state index in [9.17, 15) is 10.1 Å². The smallest absolute Gasteiger partial charge is 0.264 e. The number of methoxy groups -OCH3 is 2. The minimum atomic E-state index is -0.262. The van der Waals surface area contributed by atoms with Crippen molar-refractivity contribution in [1.29, 1.82) is 5.26 Å². The molecule has 0 spiro atoms. The maximum absolute atomic E-state index is 12.5. The summed E-state index contributed by atoms with van der Waals surface area (Å²) in [6.45, 7) is 0.228. The van der Waals surface area contributed by atoms with Gasteiger partial charge in [0.15, 0.2) is 16.7 Å². The fraction of sp³-hybridized carbons (Fsp3) is 0.115. The molecule has 9 heteroatoms. The Labute approximate surface area is 212 Å². The second kappa shape index (κ2) is 11.0. The number of hydrogen-bond acceptors (Lipinski definition) is 7. The van der Waals surface area contributed by atoms with Crippen molar-refractivity contribution in [3.8, 4) is 23.3 Å². The maximum atomic E-state index is 12.5. The van der Waals surface area contributed by atoms with Crippen LogP contribution < -0.4 is 19.5 Å². The minimum absolute atomic E-state index is 0.228. The van der Waals surface area contributed by atoms with Crippen molar-refractivity contribution >= 4 is 46.2 Å². The Morgan fingerprint density at radius 3 is 2.60 bits per heavy atom. The number of ether oxygens (including phenoxy) is 3. The van der Waals surface area contributed by atoms with Gasteiger partial charge in [0.05, 0.1) is 30.8 Å². The summed E-state index contributed by atoms with van der Waals surface area (Å²) in [5.41, 5.74) is 2.62. The van der Waals surface area contributed by atoms with Gasteiger partial charge in [-0.15, -0.1) is 0 Å². The van der Waals surface area contributed by atoms with Gasteiger partial charge in [0, 0.05) is 10.6 Å². The van der Waals surface area contributed by atoms with E-state index in [1.54, 1.807) is 56.7 Å². The third-order valence-corrected chi connectivity index (χ3v) is 6.17. The summed E-state index contributed by atoms with van der Waals surface area (Å²) >= 11 is 7.28. The zero-order valence-electron chi connectivity index (χ0n) is 18.9. The topological polar surface area (TPSA) is 92.9 Å². The Balaban J connectivity index is 1.52. The number of carbonyl (C=O) groups excluding carboxylic acids is 1. The first-order chi connectivity index (χ1) is 17.0. The minimum Gasteiger partial charge on any atom is -0.494 e. The number of thioether (sulfide) groups is 1. The van der Waals surface area contributed by atoms with Gasteiger partial charge in [0.25, 0.3) is 5.91 Å². The first kappa shape index (κ1) is 24.2. The SMILES string of the molecule is COc1ccc(Cl)cc1N=C1NC(=O)/C(=C/c2ccc(OCc3ccccc3C#N)c(OC)c2)S1. The normalized spacial score (nSPS) is 15.1. The summed E-state index contributed by atoms with van der Waals surface area (Å²) < 4.78 is 16.7. The number of nitriles is 1. The van der Waals surface area contributed by atoms with Gasteiger partial charge in [-0.1, -0.05) is 35.9 Å². The van der Waals surface area contributed by atoms with Crippen molar-refractivity contribution in [2.45, 2.75) is 6.61 Å². The molecule has 3 aromatic carbocycles. The summed E-state index contributed by atoms with van der Waals surface area (Å²) in [5.74, 6) is 1.32. The van der Waals surface area contributed by atoms with E-state index in [0.717, 1.165) is 11.1 Å². The van der Waals surface area contributed by atoms with Crippen LogP contribution in [-0.2, 0) is 11.4 Å². The second-order valence-electron chi connectivity index (χ2n) is 7.27. The largest absolute Gasteiger partial charge is 0.494 e. The standard InChI is InChI=1S/C26H20ClN3O4S/c1-32-21-10-8-19(27)13-20(21)29-26-30-25(31)24(35-26)12-16-7-9-22(23(11-16)33-2)34-15-18-6-4-3-5-17(18)14-28/h3-13H,15H2,1-2H3,(H,29,30,31)/b24-12-. The fourth-order valence-electron chi connectivity index (χ4n) is 3.30. The van der Waals surface area contributed by atoms with Gasteiger partial charge in [-0.3, -0.25) is 4.79 Å². The summed E-state index contributed by atoms with van der Waals surface area (Å²) in [7, 11) is 3.09. The van der Waals surface area contributed by atoms with Crippen molar-refractivity contribution in [3.05, 3.63) is 87.3 Å². The van der Waals surface area contributed by atoms with Crippen molar-refractivity contribution in [2.24, 2.45) is 4.99 Å². The molecule has 3 aromatic rings. The van der Waals surface area contributed by atoms with E-state index in [1.165, 1.54) is 11.8 Å². The van der Waals surface area contributed by atoms with Gasteiger partial charge >= 0.3 is 0 Å².